The number of aromatic amines is 1. The van der Waals surface area contributed by atoms with Crippen LogP contribution in [0.4, 0.5) is 0 Å². The van der Waals surface area contributed by atoms with Crippen LogP contribution >= 0.6 is 11.3 Å². The summed E-state index contributed by atoms with van der Waals surface area (Å²) in [6, 6.07) is 7.95. The maximum atomic E-state index is 12.9. The Balaban J connectivity index is 0.000000706. The fourth-order valence-electron chi connectivity index (χ4n) is 3.23. The number of aromatic nitrogens is 3. The van der Waals surface area contributed by atoms with Gasteiger partial charge in [0.25, 0.3) is 12.4 Å². The molecule has 3 heterocycles. The summed E-state index contributed by atoms with van der Waals surface area (Å²) >= 11 is 1.39. The van der Waals surface area contributed by atoms with Crippen LogP contribution in [0.2, 0.25) is 0 Å². The lowest BCUT2D eigenvalue weighted by Gasteiger charge is -2.32. The maximum Gasteiger partial charge on any atom is 0.290 e. The molecule has 1 aromatic carbocycles. The molecule has 1 aliphatic rings. The zero-order valence-corrected chi connectivity index (χ0v) is 16.3. The molecule has 0 saturated heterocycles. The monoisotopic (exact) mass is 400 g/mol. The van der Waals surface area contributed by atoms with Crippen molar-refractivity contribution in [1.29, 1.82) is 0 Å². The van der Waals surface area contributed by atoms with Crippen molar-refractivity contribution in [3.05, 3.63) is 63.6 Å². The first-order valence-corrected chi connectivity index (χ1v) is 9.40. The van der Waals surface area contributed by atoms with Crippen molar-refractivity contribution >= 4 is 23.7 Å². The summed E-state index contributed by atoms with van der Waals surface area (Å²) in [6.07, 6.45) is 1.70. The van der Waals surface area contributed by atoms with Gasteiger partial charge in [-0.15, -0.1) is 11.3 Å². The van der Waals surface area contributed by atoms with E-state index in [0.717, 1.165) is 28.4 Å². The molecule has 1 aliphatic heterocycles. The zero-order chi connectivity index (χ0) is 20.1. The lowest BCUT2D eigenvalue weighted by Crippen LogP contribution is -2.38. The van der Waals surface area contributed by atoms with Crippen LogP contribution in [0.5, 0.6) is 5.75 Å². The summed E-state index contributed by atoms with van der Waals surface area (Å²) in [5, 5.41) is 6.89. The number of benzene rings is 1. The largest absolute Gasteiger partial charge is 0.497 e. The van der Waals surface area contributed by atoms with Crippen LogP contribution in [0, 0.1) is 6.92 Å². The van der Waals surface area contributed by atoms with Gasteiger partial charge in [-0.05, 0) is 24.6 Å². The maximum absolute atomic E-state index is 12.9. The van der Waals surface area contributed by atoms with E-state index in [-0.39, 0.29) is 18.3 Å². The molecule has 2 N–H and O–H groups in total. The molecule has 1 amide bonds. The Bertz CT molecular complexity index is 951. The van der Waals surface area contributed by atoms with Gasteiger partial charge in [0.2, 0.25) is 0 Å². The standard InChI is InChI=1S/C18H18N4O2S.CH2O2/c1-11-17(25-10-21-11)18(23)22-7-14(16-15(8-22)19-9-20-16)12-3-5-13(24-2)6-4-12;2-1-3/h3-6,9-10,14H,7-8H2,1-2H3,(H,19,20);1H,(H,2,3). The Morgan fingerprint density at radius 1 is 1.36 bits per heavy atom. The van der Waals surface area contributed by atoms with Crippen molar-refractivity contribution in [2.75, 3.05) is 13.7 Å². The number of carbonyl (C=O) groups is 2. The summed E-state index contributed by atoms with van der Waals surface area (Å²) < 4.78 is 5.24. The number of amides is 1. The Morgan fingerprint density at radius 3 is 2.68 bits per heavy atom. The van der Waals surface area contributed by atoms with Crippen LogP contribution in [0.25, 0.3) is 0 Å². The molecule has 0 fully saturated rings. The highest BCUT2D eigenvalue weighted by Gasteiger charge is 2.32. The third kappa shape index (κ3) is 3.89. The van der Waals surface area contributed by atoms with Gasteiger partial charge in [-0.25, -0.2) is 9.97 Å². The van der Waals surface area contributed by atoms with E-state index < -0.39 is 0 Å². The number of rotatable bonds is 3. The third-order valence-corrected chi connectivity index (χ3v) is 5.50. The molecule has 0 saturated carbocycles. The van der Waals surface area contributed by atoms with Gasteiger partial charge in [0.05, 0.1) is 42.6 Å². The lowest BCUT2D eigenvalue weighted by atomic mass is 9.90. The Hall–Kier alpha value is -3.20. The first kappa shape index (κ1) is 19.6. The number of hydrogen-bond acceptors (Lipinski definition) is 6. The number of imidazole rings is 1. The predicted octanol–water partition coefficient (Wildman–Crippen LogP) is 2.67. The van der Waals surface area contributed by atoms with Gasteiger partial charge in [0.15, 0.2) is 0 Å². The highest BCUT2D eigenvalue weighted by molar-refractivity contribution is 7.11. The number of carbonyl (C=O) groups excluding carboxylic acids is 1. The van der Waals surface area contributed by atoms with Gasteiger partial charge in [-0.3, -0.25) is 9.59 Å². The SMILES string of the molecule is COc1ccc(C2CN(C(=O)c3scnc3C)Cc3[nH]cnc32)cc1.O=CO. The molecule has 28 heavy (non-hydrogen) atoms. The molecule has 0 spiro atoms. The van der Waals surface area contributed by atoms with E-state index in [1.54, 1.807) is 18.9 Å². The number of methoxy groups -OCH3 is 1. The van der Waals surface area contributed by atoms with E-state index in [2.05, 4.69) is 15.0 Å². The first-order valence-electron chi connectivity index (χ1n) is 8.52. The fraction of sp³-hybridized carbons (Fsp3) is 0.263. The summed E-state index contributed by atoms with van der Waals surface area (Å²) in [7, 11) is 1.65. The minimum atomic E-state index is -0.250. The van der Waals surface area contributed by atoms with Crippen LogP contribution < -0.4 is 4.74 Å². The molecule has 146 valence electrons. The second kappa shape index (κ2) is 8.66. The number of carboxylic acid groups (broad SMARTS) is 1. The topological polar surface area (TPSA) is 108 Å². The number of nitrogens with one attached hydrogen (secondary N) is 1. The molecule has 8 nitrogen and oxygen atoms in total. The van der Waals surface area contributed by atoms with Crippen molar-refractivity contribution in [2.24, 2.45) is 0 Å². The Labute approximate surface area is 165 Å². The third-order valence-electron chi connectivity index (χ3n) is 4.58. The number of fused-ring (bicyclic) bond motifs is 1. The normalized spacial score (nSPS) is 15.2. The Kier molecular flexibility index (Phi) is 6.05. The molecule has 1 unspecified atom stereocenters. The fourth-order valence-corrected chi connectivity index (χ4v) is 4.00. The number of thiazole rings is 1. The molecule has 0 bridgehead atoms. The van der Waals surface area contributed by atoms with Gasteiger partial charge in [-0.2, -0.15) is 0 Å². The number of aryl methyl sites for hydroxylation is 1. The molecule has 9 heteroatoms. The van der Waals surface area contributed by atoms with E-state index in [1.165, 1.54) is 11.3 Å². The second-order valence-electron chi connectivity index (χ2n) is 6.15. The molecule has 0 aliphatic carbocycles. The quantitative estimate of drug-likeness (QED) is 0.655. The van der Waals surface area contributed by atoms with Crippen LogP contribution in [-0.2, 0) is 11.3 Å². The van der Waals surface area contributed by atoms with Crippen LogP contribution in [-0.4, -0.2) is 51.0 Å². The lowest BCUT2D eigenvalue weighted by molar-refractivity contribution is -0.122. The number of hydrogen-bond donors (Lipinski definition) is 2. The summed E-state index contributed by atoms with van der Waals surface area (Å²) in [4.78, 5) is 35.7. The van der Waals surface area contributed by atoms with Gasteiger partial charge in [-0.1, -0.05) is 12.1 Å². The molecule has 2 aromatic heterocycles. The number of ether oxygens (including phenoxy) is 1. The second-order valence-corrected chi connectivity index (χ2v) is 7.00. The highest BCUT2D eigenvalue weighted by atomic mass is 32.1. The van der Waals surface area contributed by atoms with E-state index in [9.17, 15) is 4.79 Å². The van der Waals surface area contributed by atoms with Crippen molar-refractivity contribution in [1.82, 2.24) is 19.9 Å². The summed E-state index contributed by atoms with van der Waals surface area (Å²) in [6.45, 7) is 2.76. The predicted molar refractivity (Wildman–Crippen MR) is 104 cm³/mol. The van der Waals surface area contributed by atoms with E-state index in [1.807, 2.05) is 36.1 Å². The van der Waals surface area contributed by atoms with E-state index >= 15 is 0 Å². The van der Waals surface area contributed by atoms with Crippen molar-refractivity contribution in [3.63, 3.8) is 0 Å². The van der Waals surface area contributed by atoms with E-state index in [4.69, 9.17) is 14.6 Å². The molecular weight excluding hydrogens is 380 g/mol. The number of H-pyrrole nitrogens is 1. The van der Waals surface area contributed by atoms with Gasteiger partial charge in [0, 0.05) is 12.5 Å². The molecule has 4 rings (SSSR count). The molecule has 3 aromatic rings. The minimum Gasteiger partial charge on any atom is -0.497 e. The average Bonchev–Trinajstić information content (AvgIpc) is 3.36. The minimum absolute atomic E-state index is 0.0266. The summed E-state index contributed by atoms with van der Waals surface area (Å²) in [5.74, 6) is 0.881. The molecule has 0 radical (unpaired) electrons. The molecule has 1 atom stereocenters. The number of nitrogens with zero attached hydrogens (tertiary/aromatic N) is 3. The first-order chi connectivity index (χ1) is 13.6. The average molecular weight is 400 g/mol. The highest BCUT2D eigenvalue weighted by Crippen LogP contribution is 2.33. The van der Waals surface area contributed by atoms with Crippen molar-refractivity contribution in [2.45, 2.75) is 19.4 Å². The van der Waals surface area contributed by atoms with Crippen LogP contribution in [0.3, 0.4) is 0 Å². The van der Waals surface area contributed by atoms with Gasteiger partial charge >= 0.3 is 0 Å². The smallest absolute Gasteiger partial charge is 0.290 e. The van der Waals surface area contributed by atoms with Gasteiger partial charge < -0.3 is 19.7 Å². The summed E-state index contributed by atoms with van der Waals surface area (Å²) in [5.41, 5.74) is 5.62. The van der Waals surface area contributed by atoms with Crippen molar-refractivity contribution < 1.29 is 19.4 Å². The van der Waals surface area contributed by atoms with Crippen LogP contribution in [0.1, 0.15) is 38.2 Å². The zero-order valence-electron chi connectivity index (χ0n) is 15.5. The van der Waals surface area contributed by atoms with Crippen molar-refractivity contribution in [3.8, 4) is 5.75 Å². The van der Waals surface area contributed by atoms with Gasteiger partial charge in [0.1, 0.15) is 10.6 Å². The molecular formula is C19H20N4O4S. The van der Waals surface area contributed by atoms with Crippen LogP contribution in [0.15, 0.2) is 36.1 Å². The Morgan fingerprint density at radius 2 is 2.07 bits per heavy atom. The van der Waals surface area contributed by atoms with E-state index in [0.29, 0.717) is 18.0 Å².